The van der Waals surface area contributed by atoms with Crippen molar-refractivity contribution < 1.29 is 0 Å². The van der Waals surface area contributed by atoms with Crippen molar-refractivity contribution in [1.82, 2.24) is 25.1 Å². The van der Waals surface area contributed by atoms with Crippen LogP contribution in [0.25, 0.3) is 5.82 Å². The van der Waals surface area contributed by atoms with Crippen LogP contribution in [0.15, 0.2) is 18.6 Å². The Labute approximate surface area is 110 Å². The number of nitrogens with zero attached hydrogens (tertiary/aromatic N) is 4. The van der Waals surface area contributed by atoms with Gasteiger partial charge in [-0.2, -0.15) is 5.10 Å². The molecule has 0 aromatic carbocycles. The summed E-state index contributed by atoms with van der Waals surface area (Å²) in [4.78, 5) is 8.71. The highest BCUT2D eigenvalue weighted by atomic mass is 35.5. The van der Waals surface area contributed by atoms with Gasteiger partial charge in [0.15, 0.2) is 5.82 Å². The lowest BCUT2D eigenvalue weighted by molar-refractivity contribution is 0.669. The summed E-state index contributed by atoms with van der Waals surface area (Å²) in [7, 11) is 0. The van der Waals surface area contributed by atoms with Crippen LogP contribution >= 0.6 is 11.6 Å². The van der Waals surface area contributed by atoms with E-state index in [0.29, 0.717) is 16.9 Å². The van der Waals surface area contributed by atoms with Crippen molar-refractivity contribution in [2.45, 2.75) is 32.4 Å². The van der Waals surface area contributed by atoms with Gasteiger partial charge in [-0.05, 0) is 19.8 Å². The van der Waals surface area contributed by atoms with Crippen LogP contribution < -0.4 is 5.32 Å². The van der Waals surface area contributed by atoms with E-state index < -0.39 is 0 Å². The van der Waals surface area contributed by atoms with Gasteiger partial charge >= 0.3 is 0 Å². The quantitative estimate of drug-likeness (QED) is 0.915. The fourth-order valence-electron chi connectivity index (χ4n) is 1.65. The summed E-state index contributed by atoms with van der Waals surface area (Å²) in [6.07, 6.45) is 7.78. The van der Waals surface area contributed by atoms with E-state index in [0.717, 1.165) is 17.9 Å². The van der Waals surface area contributed by atoms with E-state index in [1.54, 1.807) is 23.3 Å². The molecule has 2 aromatic rings. The smallest absolute Gasteiger partial charge is 0.171 e. The van der Waals surface area contributed by atoms with Crippen molar-refractivity contribution in [3.63, 3.8) is 0 Å². The van der Waals surface area contributed by atoms with E-state index >= 15 is 0 Å². The van der Waals surface area contributed by atoms with Gasteiger partial charge in [0, 0.05) is 12.6 Å². The van der Waals surface area contributed by atoms with Gasteiger partial charge < -0.3 is 5.32 Å². The molecule has 0 bridgehead atoms. The number of halogens is 1. The Morgan fingerprint density at radius 3 is 2.78 bits per heavy atom. The Kier molecular flexibility index (Phi) is 3.01. The molecule has 1 fully saturated rings. The van der Waals surface area contributed by atoms with Gasteiger partial charge in [0.25, 0.3) is 0 Å². The molecule has 3 rings (SSSR count). The lowest BCUT2D eigenvalue weighted by Crippen LogP contribution is -2.16. The van der Waals surface area contributed by atoms with Crippen molar-refractivity contribution in [3.8, 4) is 5.82 Å². The van der Waals surface area contributed by atoms with Gasteiger partial charge in [-0.1, -0.05) is 11.6 Å². The third-order valence-electron chi connectivity index (χ3n) is 2.91. The zero-order valence-electron chi connectivity index (χ0n) is 10.1. The van der Waals surface area contributed by atoms with E-state index in [1.165, 1.54) is 12.8 Å². The van der Waals surface area contributed by atoms with Gasteiger partial charge in [0.2, 0.25) is 0 Å². The van der Waals surface area contributed by atoms with Gasteiger partial charge in [0.05, 0.1) is 35.0 Å². The van der Waals surface area contributed by atoms with Crippen LogP contribution in [0.2, 0.25) is 5.02 Å². The average molecular weight is 264 g/mol. The van der Waals surface area contributed by atoms with Crippen LogP contribution in [0.4, 0.5) is 0 Å². The van der Waals surface area contributed by atoms with E-state index in [2.05, 4.69) is 20.4 Å². The van der Waals surface area contributed by atoms with Gasteiger partial charge in [0.1, 0.15) is 0 Å². The van der Waals surface area contributed by atoms with Crippen LogP contribution in [0.1, 0.15) is 24.2 Å². The molecule has 0 spiro atoms. The van der Waals surface area contributed by atoms with Crippen LogP contribution in [0.5, 0.6) is 0 Å². The molecule has 0 aliphatic heterocycles. The minimum atomic E-state index is 0.635. The van der Waals surface area contributed by atoms with Crippen molar-refractivity contribution in [1.29, 1.82) is 0 Å². The third kappa shape index (κ3) is 2.52. The minimum absolute atomic E-state index is 0.635. The molecule has 5 nitrogen and oxygen atoms in total. The molecule has 0 atom stereocenters. The maximum Gasteiger partial charge on any atom is 0.171 e. The molecule has 1 N–H and O–H groups in total. The lowest BCUT2D eigenvalue weighted by Gasteiger charge is -2.03. The fraction of sp³-hybridized carbons (Fsp3) is 0.417. The normalized spacial score (nSPS) is 15.0. The van der Waals surface area contributed by atoms with E-state index in [1.807, 2.05) is 6.92 Å². The summed E-state index contributed by atoms with van der Waals surface area (Å²) < 4.78 is 1.64. The molecule has 6 heteroatoms. The van der Waals surface area contributed by atoms with Gasteiger partial charge in [-0.3, -0.25) is 4.98 Å². The first-order valence-electron chi connectivity index (χ1n) is 5.99. The molecule has 0 unspecified atom stereocenters. The number of rotatable bonds is 4. The first kappa shape index (κ1) is 11.6. The highest BCUT2D eigenvalue weighted by molar-refractivity contribution is 6.31. The summed E-state index contributed by atoms with van der Waals surface area (Å²) in [6, 6.07) is 0.680. The molecule has 0 amide bonds. The SMILES string of the molecule is Cc1nn(-c2cnc(CNC3CC3)cn2)cc1Cl. The molecule has 0 saturated heterocycles. The summed E-state index contributed by atoms with van der Waals surface area (Å²) in [5.74, 6) is 0.681. The van der Waals surface area contributed by atoms with E-state index in [-0.39, 0.29) is 0 Å². The van der Waals surface area contributed by atoms with Gasteiger partial charge in [-0.25, -0.2) is 9.67 Å². The predicted molar refractivity (Wildman–Crippen MR) is 68.8 cm³/mol. The topological polar surface area (TPSA) is 55.6 Å². The van der Waals surface area contributed by atoms with Crippen molar-refractivity contribution in [2.75, 3.05) is 0 Å². The molecular formula is C12H14ClN5. The number of aromatic nitrogens is 4. The molecule has 2 heterocycles. The summed E-state index contributed by atoms with van der Waals surface area (Å²) >= 11 is 5.96. The first-order chi connectivity index (χ1) is 8.72. The Morgan fingerprint density at radius 1 is 1.39 bits per heavy atom. The van der Waals surface area contributed by atoms with Crippen LogP contribution in [-0.4, -0.2) is 25.8 Å². The van der Waals surface area contributed by atoms with E-state index in [9.17, 15) is 0 Å². The Hall–Kier alpha value is -1.46. The fourth-order valence-corrected chi connectivity index (χ4v) is 1.78. The highest BCUT2D eigenvalue weighted by Gasteiger charge is 2.20. The van der Waals surface area contributed by atoms with Crippen LogP contribution in [-0.2, 0) is 6.54 Å². The zero-order valence-corrected chi connectivity index (χ0v) is 10.9. The van der Waals surface area contributed by atoms with Crippen molar-refractivity contribution in [3.05, 3.63) is 35.0 Å². The monoisotopic (exact) mass is 263 g/mol. The highest BCUT2D eigenvalue weighted by Crippen LogP contribution is 2.19. The summed E-state index contributed by atoms with van der Waals surface area (Å²) in [5.41, 5.74) is 1.73. The third-order valence-corrected chi connectivity index (χ3v) is 3.29. The first-order valence-corrected chi connectivity index (χ1v) is 6.36. The number of hydrogen-bond acceptors (Lipinski definition) is 4. The Balaban J connectivity index is 1.73. The summed E-state index contributed by atoms with van der Waals surface area (Å²) in [5, 5.41) is 8.30. The Bertz CT molecular complexity index is 525. The number of hydrogen-bond donors (Lipinski definition) is 1. The second-order valence-corrected chi connectivity index (χ2v) is 4.94. The number of nitrogens with one attached hydrogen (secondary N) is 1. The van der Waals surface area contributed by atoms with Crippen molar-refractivity contribution in [2.24, 2.45) is 0 Å². The van der Waals surface area contributed by atoms with Crippen molar-refractivity contribution >= 4 is 11.6 Å². The maximum atomic E-state index is 5.96. The van der Waals surface area contributed by atoms with Crippen LogP contribution in [0, 0.1) is 6.92 Å². The standard InChI is InChI=1S/C12H14ClN5/c1-8-11(13)7-18(17-8)12-6-15-10(5-16-12)4-14-9-2-3-9/h5-7,9,14H,2-4H2,1H3. The predicted octanol–water partition coefficient (Wildman–Crippen LogP) is 1.88. The van der Waals surface area contributed by atoms with Gasteiger partial charge in [-0.15, -0.1) is 0 Å². The zero-order chi connectivity index (χ0) is 12.5. The molecular weight excluding hydrogens is 250 g/mol. The lowest BCUT2D eigenvalue weighted by atomic mass is 10.4. The molecule has 1 aliphatic rings. The molecule has 0 radical (unpaired) electrons. The molecule has 94 valence electrons. The summed E-state index contributed by atoms with van der Waals surface area (Å²) in [6.45, 7) is 2.64. The second-order valence-electron chi connectivity index (χ2n) is 4.53. The Morgan fingerprint density at radius 2 is 2.22 bits per heavy atom. The second kappa shape index (κ2) is 4.66. The molecule has 18 heavy (non-hydrogen) atoms. The molecule has 1 saturated carbocycles. The molecule has 2 aromatic heterocycles. The van der Waals surface area contributed by atoms with E-state index in [4.69, 9.17) is 11.6 Å². The molecule has 1 aliphatic carbocycles. The maximum absolute atomic E-state index is 5.96. The minimum Gasteiger partial charge on any atom is -0.308 e. The van der Waals surface area contributed by atoms with Crippen LogP contribution in [0.3, 0.4) is 0 Å². The number of aryl methyl sites for hydroxylation is 1. The largest absolute Gasteiger partial charge is 0.308 e. The average Bonchev–Trinajstić information content (AvgIpc) is 3.14.